The van der Waals surface area contributed by atoms with E-state index in [0.717, 1.165) is 6.07 Å². The van der Waals surface area contributed by atoms with E-state index in [2.05, 4.69) is 0 Å². The number of benzene rings is 1. The molecule has 0 aromatic heterocycles. The van der Waals surface area contributed by atoms with Gasteiger partial charge in [-0.25, -0.2) is 13.2 Å². The van der Waals surface area contributed by atoms with E-state index >= 15 is 0 Å². The van der Waals surface area contributed by atoms with Crippen LogP contribution < -0.4 is 4.74 Å². The van der Waals surface area contributed by atoms with Crippen LogP contribution in [-0.4, -0.2) is 25.7 Å². The summed E-state index contributed by atoms with van der Waals surface area (Å²) in [5.74, 6) is -3.42. The minimum absolute atomic E-state index is 0.0173. The normalized spacial score (nSPS) is 30.0. The number of ether oxygens (including phenoxy) is 2. The van der Waals surface area contributed by atoms with Crippen LogP contribution in [-0.2, 0) is 4.74 Å². The lowest BCUT2D eigenvalue weighted by atomic mass is 9.80. The average Bonchev–Trinajstić information content (AvgIpc) is 2.71. The summed E-state index contributed by atoms with van der Waals surface area (Å²) in [5.41, 5.74) is -1.25. The molecule has 1 aromatic rings. The molecule has 1 saturated heterocycles. The van der Waals surface area contributed by atoms with Gasteiger partial charge in [0.1, 0.15) is 5.60 Å². The minimum Gasteiger partial charge on any atom is -0.493 e. The number of hydrogen-bond acceptors (Lipinski definition) is 2. The Morgan fingerprint density at radius 2 is 2.00 bits per heavy atom. The molecular formula is C14H16F4O2. The van der Waals surface area contributed by atoms with Gasteiger partial charge in [-0.05, 0) is 18.9 Å². The van der Waals surface area contributed by atoms with Gasteiger partial charge in [-0.15, -0.1) is 0 Å². The highest BCUT2D eigenvalue weighted by atomic mass is 19.3. The van der Waals surface area contributed by atoms with Crippen molar-refractivity contribution in [2.45, 2.75) is 31.8 Å². The van der Waals surface area contributed by atoms with E-state index in [0.29, 0.717) is 5.56 Å². The van der Waals surface area contributed by atoms with Crippen LogP contribution in [0, 0.1) is 17.6 Å². The second kappa shape index (κ2) is 5.24. The lowest BCUT2D eigenvalue weighted by Crippen LogP contribution is -2.39. The molecule has 1 aliphatic heterocycles. The van der Waals surface area contributed by atoms with Crippen molar-refractivity contribution in [3.63, 3.8) is 0 Å². The van der Waals surface area contributed by atoms with E-state index in [4.69, 9.17) is 9.47 Å². The third kappa shape index (κ3) is 2.16. The zero-order valence-corrected chi connectivity index (χ0v) is 11.4. The second-order valence-electron chi connectivity index (χ2n) is 5.17. The van der Waals surface area contributed by atoms with E-state index in [1.165, 1.54) is 20.1 Å². The summed E-state index contributed by atoms with van der Waals surface area (Å²) in [4.78, 5) is 0. The predicted molar refractivity (Wildman–Crippen MR) is 65.2 cm³/mol. The Balaban J connectivity index is 2.42. The highest BCUT2D eigenvalue weighted by Crippen LogP contribution is 2.47. The summed E-state index contributed by atoms with van der Waals surface area (Å²) >= 11 is 0. The van der Waals surface area contributed by atoms with Crippen molar-refractivity contribution in [1.82, 2.24) is 0 Å². The van der Waals surface area contributed by atoms with Crippen LogP contribution in [0.5, 0.6) is 5.75 Å². The van der Waals surface area contributed by atoms with Crippen LogP contribution in [0.2, 0.25) is 0 Å². The first-order valence-corrected chi connectivity index (χ1v) is 6.27. The van der Waals surface area contributed by atoms with Gasteiger partial charge in [0.2, 0.25) is 5.82 Å². The smallest absolute Gasteiger partial charge is 0.267 e. The fourth-order valence-corrected chi connectivity index (χ4v) is 2.61. The third-order valence-corrected chi connectivity index (χ3v) is 4.20. The molecule has 6 heteroatoms. The van der Waals surface area contributed by atoms with Gasteiger partial charge in [0, 0.05) is 11.5 Å². The van der Waals surface area contributed by atoms with Crippen LogP contribution in [0.25, 0.3) is 0 Å². The molecule has 0 bridgehead atoms. The Morgan fingerprint density at radius 3 is 2.50 bits per heavy atom. The van der Waals surface area contributed by atoms with Crippen molar-refractivity contribution in [2.75, 3.05) is 13.7 Å². The summed E-state index contributed by atoms with van der Waals surface area (Å²) in [7, 11) is 1.22. The molecule has 3 atom stereocenters. The van der Waals surface area contributed by atoms with Gasteiger partial charge in [0.15, 0.2) is 11.6 Å². The molecule has 20 heavy (non-hydrogen) atoms. The highest BCUT2D eigenvalue weighted by Gasteiger charge is 2.51. The summed E-state index contributed by atoms with van der Waals surface area (Å²) < 4.78 is 63.2. The zero-order chi connectivity index (χ0) is 15.1. The molecule has 2 rings (SSSR count). The lowest BCUT2D eigenvalue weighted by Gasteiger charge is -2.29. The predicted octanol–water partition coefficient (Wildman–Crippen LogP) is 3.75. The average molecular weight is 292 g/mol. The molecule has 0 spiro atoms. The third-order valence-electron chi connectivity index (χ3n) is 4.20. The topological polar surface area (TPSA) is 18.5 Å². The first-order valence-electron chi connectivity index (χ1n) is 6.27. The molecule has 2 unspecified atom stereocenters. The van der Waals surface area contributed by atoms with Crippen LogP contribution >= 0.6 is 0 Å². The highest BCUT2D eigenvalue weighted by molar-refractivity contribution is 5.40. The number of halogens is 4. The Morgan fingerprint density at radius 1 is 1.35 bits per heavy atom. The molecule has 0 aliphatic carbocycles. The molecule has 0 saturated carbocycles. The molecule has 2 nitrogen and oxygen atoms in total. The summed E-state index contributed by atoms with van der Waals surface area (Å²) in [6.07, 6.45) is -2.65. The quantitative estimate of drug-likeness (QED) is 0.790. The van der Waals surface area contributed by atoms with Gasteiger partial charge < -0.3 is 9.47 Å². The molecule has 0 radical (unpaired) electrons. The zero-order valence-electron chi connectivity index (χ0n) is 11.4. The van der Waals surface area contributed by atoms with Crippen LogP contribution in [0.4, 0.5) is 17.6 Å². The number of alkyl halides is 2. The van der Waals surface area contributed by atoms with Crippen molar-refractivity contribution in [2.24, 2.45) is 5.92 Å². The molecule has 0 amide bonds. The minimum atomic E-state index is -2.65. The summed E-state index contributed by atoms with van der Waals surface area (Å²) in [6, 6.07) is 2.33. The van der Waals surface area contributed by atoms with E-state index in [-0.39, 0.29) is 12.4 Å². The summed E-state index contributed by atoms with van der Waals surface area (Å²) in [6.45, 7) is 2.96. The molecule has 112 valence electrons. The van der Waals surface area contributed by atoms with Gasteiger partial charge in [-0.2, -0.15) is 4.39 Å². The lowest BCUT2D eigenvalue weighted by molar-refractivity contribution is -0.114. The maximum atomic E-state index is 13.7. The largest absolute Gasteiger partial charge is 0.493 e. The number of hydrogen-bond donors (Lipinski definition) is 0. The van der Waals surface area contributed by atoms with Gasteiger partial charge in [0.25, 0.3) is 6.43 Å². The van der Waals surface area contributed by atoms with Gasteiger partial charge >= 0.3 is 0 Å². The van der Waals surface area contributed by atoms with Crippen molar-refractivity contribution < 1.29 is 27.0 Å². The van der Waals surface area contributed by atoms with Crippen molar-refractivity contribution in [1.29, 1.82) is 0 Å². The fourth-order valence-electron chi connectivity index (χ4n) is 2.61. The number of methoxy groups -OCH3 is 1. The Labute approximate surface area is 114 Å². The molecule has 1 aromatic carbocycles. The fraction of sp³-hybridized carbons (Fsp3) is 0.571. The first-order chi connectivity index (χ1) is 9.32. The Kier molecular flexibility index (Phi) is 3.95. The van der Waals surface area contributed by atoms with Crippen molar-refractivity contribution in [3.05, 3.63) is 29.3 Å². The monoisotopic (exact) mass is 292 g/mol. The van der Waals surface area contributed by atoms with Crippen LogP contribution in [0.3, 0.4) is 0 Å². The Bertz CT molecular complexity index is 506. The van der Waals surface area contributed by atoms with E-state index in [1.807, 2.05) is 0 Å². The van der Waals surface area contributed by atoms with E-state index in [1.54, 1.807) is 6.92 Å². The molecule has 0 N–H and O–H groups in total. The molecule has 1 aliphatic rings. The first kappa shape index (κ1) is 15.1. The summed E-state index contributed by atoms with van der Waals surface area (Å²) in [5, 5.41) is 0. The Hall–Kier alpha value is -1.30. The van der Waals surface area contributed by atoms with E-state index < -0.39 is 35.5 Å². The number of rotatable bonds is 3. The van der Waals surface area contributed by atoms with Gasteiger partial charge in [-0.3, -0.25) is 0 Å². The molecule has 1 fully saturated rings. The van der Waals surface area contributed by atoms with Crippen molar-refractivity contribution >= 4 is 0 Å². The van der Waals surface area contributed by atoms with E-state index in [9.17, 15) is 17.6 Å². The van der Waals surface area contributed by atoms with Gasteiger partial charge in [-0.1, -0.05) is 13.0 Å². The van der Waals surface area contributed by atoms with Gasteiger partial charge in [0.05, 0.1) is 13.7 Å². The molecule has 1 heterocycles. The SMILES string of the molecule is COc1c(C2CO[C@@](C)(C(F)F)C2C)ccc(F)c1F. The van der Waals surface area contributed by atoms with Crippen molar-refractivity contribution in [3.8, 4) is 5.75 Å². The van der Waals surface area contributed by atoms with Crippen LogP contribution in [0.1, 0.15) is 25.3 Å². The maximum Gasteiger partial charge on any atom is 0.267 e. The molecular weight excluding hydrogens is 276 g/mol. The maximum absolute atomic E-state index is 13.7. The standard InChI is InChI=1S/C14H16F4O2/c1-7-9(6-20-14(7,2)13(17)18)8-4-5-10(15)11(16)12(8)19-3/h4-5,7,9,13H,6H2,1-3H3/t7?,9?,14-/m1/s1. The second-order valence-corrected chi connectivity index (χ2v) is 5.17. The van der Waals surface area contributed by atoms with Crippen LogP contribution in [0.15, 0.2) is 12.1 Å².